The zero-order valence-corrected chi connectivity index (χ0v) is 6.66. The maximum Gasteiger partial charge on any atom is 0.152 e. The van der Waals surface area contributed by atoms with E-state index in [1.807, 2.05) is 6.92 Å². The summed E-state index contributed by atoms with van der Waals surface area (Å²) in [6.45, 7) is 3.46. The number of alkyl halides is 1. The van der Waals surface area contributed by atoms with E-state index < -0.39 is 0 Å². The molecule has 0 bridgehead atoms. The fourth-order valence-electron chi connectivity index (χ4n) is 0.386. The molecule has 2 heteroatoms. The van der Waals surface area contributed by atoms with Gasteiger partial charge in [-0.3, -0.25) is 4.79 Å². The van der Waals surface area contributed by atoms with Crippen molar-refractivity contribution in [3.63, 3.8) is 0 Å². The normalized spacial score (nSPS) is 11.6. The van der Waals surface area contributed by atoms with Crippen molar-refractivity contribution >= 4 is 21.7 Å². The zero-order chi connectivity index (χ0) is 6.57. The van der Waals surface area contributed by atoms with Gasteiger partial charge < -0.3 is 0 Å². The summed E-state index contributed by atoms with van der Waals surface area (Å²) >= 11 is 3.22. The number of hydrogen-bond donors (Lipinski definition) is 0. The van der Waals surface area contributed by atoms with Gasteiger partial charge in [0, 0.05) is 5.33 Å². The minimum Gasteiger partial charge on any atom is -0.295 e. The molecule has 0 rings (SSSR count). The lowest BCUT2D eigenvalue weighted by Gasteiger charge is -1.87. The SMILES string of the molecule is CC(=O)C=C(C)CBr. The van der Waals surface area contributed by atoms with Crippen molar-refractivity contribution in [3.8, 4) is 0 Å². The Morgan fingerprint density at radius 3 is 2.25 bits per heavy atom. The topological polar surface area (TPSA) is 17.1 Å². The van der Waals surface area contributed by atoms with Crippen molar-refractivity contribution in [1.82, 2.24) is 0 Å². The standard InChI is InChI=1S/C6H9BrO/c1-5(4-7)3-6(2)8/h3H,4H2,1-2H3. The molecule has 0 aliphatic carbocycles. The van der Waals surface area contributed by atoms with E-state index in [1.165, 1.54) is 0 Å². The maximum absolute atomic E-state index is 10.3. The molecule has 0 atom stereocenters. The zero-order valence-electron chi connectivity index (χ0n) is 5.07. The van der Waals surface area contributed by atoms with Gasteiger partial charge in [-0.15, -0.1) is 0 Å². The molecule has 0 saturated heterocycles. The maximum atomic E-state index is 10.3. The molecule has 0 aromatic heterocycles. The highest BCUT2D eigenvalue weighted by atomic mass is 79.9. The quantitative estimate of drug-likeness (QED) is 0.465. The second-order valence-corrected chi connectivity index (χ2v) is 2.30. The Bertz CT molecular complexity index is 116. The smallest absolute Gasteiger partial charge is 0.152 e. The Hall–Kier alpha value is -0.110. The Labute approximate surface area is 57.9 Å². The molecular weight excluding hydrogens is 168 g/mol. The molecule has 0 fully saturated rings. The number of carbonyl (C=O) groups excluding carboxylic acids is 1. The second kappa shape index (κ2) is 3.84. The van der Waals surface area contributed by atoms with Gasteiger partial charge >= 0.3 is 0 Å². The van der Waals surface area contributed by atoms with Crippen LogP contribution in [0, 0.1) is 0 Å². The monoisotopic (exact) mass is 176 g/mol. The van der Waals surface area contributed by atoms with E-state index in [-0.39, 0.29) is 5.78 Å². The molecule has 0 saturated carbocycles. The van der Waals surface area contributed by atoms with Gasteiger partial charge in [-0.05, 0) is 19.9 Å². The van der Waals surface area contributed by atoms with Crippen LogP contribution >= 0.6 is 15.9 Å². The molecule has 0 aliphatic rings. The number of rotatable bonds is 2. The first-order chi connectivity index (χ1) is 3.66. The van der Waals surface area contributed by atoms with E-state index in [4.69, 9.17) is 0 Å². The van der Waals surface area contributed by atoms with E-state index >= 15 is 0 Å². The van der Waals surface area contributed by atoms with E-state index in [9.17, 15) is 4.79 Å². The summed E-state index contributed by atoms with van der Waals surface area (Å²) in [6.07, 6.45) is 1.62. The molecule has 0 unspecified atom stereocenters. The van der Waals surface area contributed by atoms with Crippen LogP contribution in [0.3, 0.4) is 0 Å². The number of halogens is 1. The van der Waals surface area contributed by atoms with E-state index in [0.29, 0.717) is 0 Å². The van der Waals surface area contributed by atoms with Crippen LogP contribution in [0.1, 0.15) is 13.8 Å². The van der Waals surface area contributed by atoms with Gasteiger partial charge in [0.05, 0.1) is 0 Å². The third-order valence-electron chi connectivity index (χ3n) is 0.660. The molecule has 8 heavy (non-hydrogen) atoms. The highest BCUT2D eigenvalue weighted by Gasteiger charge is 1.86. The van der Waals surface area contributed by atoms with Crippen molar-refractivity contribution in [2.75, 3.05) is 5.33 Å². The van der Waals surface area contributed by atoms with Crippen LogP contribution in [0.2, 0.25) is 0 Å². The van der Waals surface area contributed by atoms with Gasteiger partial charge in [-0.2, -0.15) is 0 Å². The highest BCUT2D eigenvalue weighted by molar-refractivity contribution is 9.09. The third-order valence-corrected chi connectivity index (χ3v) is 1.54. The van der Waals surface area contributed by atoms with Crippen LogP contribution in [0.15, 0.2) is 11.6 Å². The molecule has 0 spiro atoms. The van der Waals surface area contributed by atoms with Gasteiger partial charge in [0.25, 0.3) is 0 Å². The van der Waals surface area contributed by atoms with Crippen LogP contribution in [0.5, 0.6) is 0 Å². The Balaban J connectivity index is 3.75. The van der Waals surface area contributed by atoms with Crippen molar-refractivity contribution in [2.45, 2.75) is 13.8 Å². The lowest BCUT2D eigenvalue weighted by molar-refractivity contribution is -0.112. The second-order valence-electron chi connectivity index (χ2n) is 1.73. The summed E-state index contributed by atoms with van der Waals surface area (Å²) in [5, 5.41) is 0.784. The average Bonchev–Trinajstić information content (AvgIpc) is 1.65. The molecule has 0 aliphatic heterocycles. The van der Waals surface area contributed by atoms with Crippen molar-refractivity contribution in [2.24, 2.45) is 0 Å². The summed E-state index contributed by atoms with van der Waals surface area (Å²) in [5.41, 5.74) is 1.07. The molecule has 0 amide bonds. The molecule has 0 aromatic rings. The van der Waals surface area contributed by atoms with Crippen LogP contribution in [0.4, 0.5) is 0 Å². The van der Waals surface area contributed by atoms with Gasteiger partial charge in [0.15, 0.2) is 5.78 Å². The fraction of sp³-hybridized carbons (Fsp3) is 0.500. The van der Waals surface area contributed by atoms with Crippen LogP contribution in [0.25, 0.3) is 0 Å². The number of ketones is 1. The van der Waals surface area contributed by atoms with E-state index in [0.717, 1.165) is 10.9 Å². The Kier molecular flexibility index (Phi) is 3.79. The van der Waals surface area contributed by atoms with Crippen LogP contribution in [-0.4, -0.2) is 11.1 Å². The van der Waals surface area contributed by atoms with Crippen molar-refractivity contribution < 1.29 is 4.79 Å². The van der Waals surface area contributed by atoms with Gasteiger partial charge in [-0.1, -0.05) is 21.5 Å². The average molecular weight is 177 g/mol. The molecule has 0 aromatic carbocycles. The Morgan fingerprint density at radius 2 is 2.12 bits per heavy atom. The fourth-order valence-corrected chi connectivity index (χ4v) is 0.547. The molecule has 0 N–H and O–H groups in total. The summed E-state index contributed by atoms with van der Waals surface area (Å²) < 4.78 is 0. The summed E-state index contributed by atoms with van der Waals surface area (Å²) in [4.78, 5) is 10.3. The molecule has 1 nitrogen and oxygen atoms in total. The summed E-state index contributed by atoms with van der Waals surface area (Å²) in [5.74, 6) is 0.113. The first-order valence-corrected chi connectivity index (χ1v) is 3.52. The van der Waals surface area contributed by atoms with Crippen molar-refractivity contribution in [1.29, 1.82) is 0 Å². The molecule has 46 valence electrons. The van der Waals surface area contributed by atoms with Gasteiger partial charge in [0.1, 0.15) is 0 Å². The number of carbonyl (C=O) groups is 1. The van der Waals surface area contributed by atoms with Gasteiger partial charge in [-0.25, -0.2) is 0 Å². The molecule has 0 radical (unpaired) electrons. The lowest BCUT2D eigenvalue weighted by Crippen LogP contribution is -1.84. The van der Waals surface area contributed by atoms with E-state index in [1.54, 1.807) is 13.0 Å². The van der Waals surface area contributed by atoms with Crippen LogP contribution in [-0.2, 0) is 4.79 Å². The minimum absolute atomic E-state index is 0.113. The minimum atomic E-state index is 0.113. The first kappa shape index (κ1) is 7.89. The van der Waals surface area contributed by atoms with Crippen molar-refractivity contribution in [3.05, 3.63) is 11.6 Å². The molecular formula is C6H9BrO. The van der Waals surface area contributed by atoms with Gasteiger partial charge in [0.2, 0.25) is 0 Å². The molecule has 0 heterocycles. The largest absolute Gasteiger partial charge is 0.295 e. The highest BCUT2D eigenvalue weighted by Crippen LogP contribution is 1.96. The predicted molar refractivity (Wildman–Crippen MR) is 38.2 cm³/mol. The number of allylic oxidation sites excluding steroid dienone is 2. The lowest BCUT2D eigenvalue weighted by atomic mass is 10.3. The predicted octanol–water partition coefficient (Wildman–Crippen LogP) is 1.92. The summed E-state index contributed by atoms with van der Waals surface area (Å²) in [7, 11) is 0. The Morgan fingerprint density at radius 1 is 1.62 bits per heavy atom. The number of hydrogen-bond acceptors (Lipinski definition) is 1. The van der Waals surface area contributed by atoms with E-state index in [2.05, 4.69) is 15.9 Å². The van der Waals surface area contributed by atoms with Crippen LogP contribution < -0.4 is 0 Å². The summed E-state index contributed by atoms with van der Waals surface area (Å²) in [6, 6.07) is 0. The first-order valence-electron chi connectivity index (χ1n) is 2.40. The third kappa shape index (κ3) is 4.06.